The highest BCUT2D eigenvalue weighted by atomic mass is 16.6. The van der Waals surface area contributed by atoms with Crippen LogP contribution in [0.15, 0.2) is 204 Å². The molecule has 0 aliphatic carbocycles. The molecule has 0 radical (unpaired) electrons. The van der Waals surface area contributed by atoms with Crippen molar-refractivity contribution < 1.29 is 9.47 Å². The summed E-state index contributed by atoms with van der Waals surface area (Å²) in [5, 5.41) is 13.7. The Morgan fingerprint density at radius 1 is 0.444 bits per heavy atom. The van der Waals surface area contributed by atoms with Crippen LogP contribution in [0.5, 0.6) is 5.75 Å². The molecule has 1 heterocycles. The number of hydrogen-bond acceptors (Lipinski definition) is 7. The topological polar surface area (TPSA) is 56.2 Å². The summed E-state index contributed by atoms with van der Waals surface area (Å²) in [6.45, 7) is 1.33. The number of epoxide rings is 1. The maximum Gasteiger partial charge on any atom is 0.119 e. The molecule has 7 nitrogen and oxygen atoms in total. The Morgan fingerprint density at radius 2 is 0.778 bits per heavy atom. The smallest absolute Gasteiger partial charge is 0.119 e. The van der Waals surface area contributed by atoms with E-state index in [0.29, 0.717) is 6.61 Å². The van der Waals surface area contributed by atoms with Crippen LogP contribution in [0.4, 0.5) is 39.8 Å². The summed E-state index contributed by atoms with van der Waals surface area (Å²) in [5.74, 6) is 0.815. The average Bonchev–Trinajstić information content (AvgIpc) is 4.08. The van der Waals surface area contributed by atoms with Gasteiger partial charge < -0.3 is 14.4 Å². The van der Waals surface area contributed by atoms with Crippen molar-refractivity contribution in [1.82, 2.24) is 0 Å². The van der Waals surface area contributed by atoms with Gasteiger partial charge in [0.15, 0.2) is 0 Å². The van der Waals surface area contributed by atoms with Gasteiger partial charge in [-0.05, 0) is 108 Å². The zero-order chi connectivity index (χ0) is 36.4. The van der Waals surface area contributed by atoms with Gasteiger partial charge in [0, 0.05) is 17.1 Å². The molecule has 8 rings (SSSR count). The predicted molar refractivity (Wildman–Crippen MR) is 222 cm³/mol. The van der Waals surface area contributed by atoms with Crippen molar-refractivity contribution in [2.24, 2.45) is 10.2 Å². The van der Waals surface area contributed by atoms with Crippen molar-refractivity contribution in [1.29, 1.82) is 0 Å². The first-order chi connectivity index (χ1) is 26.8. The summed E-state index contributed by atoms with van der Waals surface area (Å²) in [6, 6.07) is 65.7. The van der Waals surface area contributed by atoms with E-state index in [1.165, 1.54) is 0 Å². The van der Waals surface area contributed by atoms with Crippen molar-refractivity contribution >= 4 is 52.2 Å². The molecule has 7 aromatic carbocycles. The Kier molecular flexibility index (Phi) is 10.5. The number of ether oxygens (including phenoxy) is 2. The molecule has 264 valence electrons. The molecule has 0 aromatic heterocycles. The lowest BCUT2D eigenvalue weighted by Gasteiger charge is -2.26. The number of hydrogen-bond donors (Lipinski definition) is 0. The van der Waals surface area contributed by atoms with E-state index in [2.05, 4.69) is 114 Å². The number of para-hydroxylation sites is 4. The number of hydrazone groups is 2. The molecule has 0 saturated carbocycles. The Hall–Kier alpha value is -6.96. The normalized spacial score (nSPS) is 13.5. The van der Waals surface area contributed by atoms with E-state index in [1.807, 2.05) is 107 Å². The number of rotatable bonds is 14. The van der Waals surface area contributed by atoms with Crippen molar-refractivity contribution in [2.45, 2.75) is 6.10 Å². The minimum Gasteiger partial charge on any atom is -0.491 e. The zero-order valence-corrected chi connectivity index (χ0v) is 29.7. The molecule has 0 spiro atoms. The number of benzene rings is 7. The molecule has 1 saturated heterocycles. The number of nitrogens with zero attached hydrogens (tertiary/aromatic N) is 5. The minimum atomic E-state index is 0.199. The standard InChI is InChI=1S/C47H39N5O2/c1-5-13-42(14-6-1)51(43-15-7-2-8-16-43)48-33-37-21-25-39(26-22-37)50(41-29-31-46(32-30-41)53-35-47-36-54-47)40-27-23-38(24-28-40)34-49-52(44-17-9-3-10-18-44)45-19-11-4-12-20-45/h1-34,47H,35-36H2/b48-33+,49-34+. The molecular formula is C47H39N5O2. The second-order valence-corrected chi connectivity index (χ2v) is 12.7. The second-order valence-electron chi connectivity index (χ2n) is 12.7. The average molecular weight is 706 g/mol. The van der Waals surface area contributed by atoms with Gasteiger partial charge in [0.2, 0.25) is 0 Å². The van der Waals surface area contributed by atoms with Crippen LogP contribution in [-0.4, -0.2) is 31.7 Å². The van der Waals surface area contributed by atoms with E-state index in [1.54, 1.807) is 0 Å². The summed E-state index contributed by atoms with van der Waals surface area (Å²) in [4.78, 5) is 2.23. The van der Waals surface area contributed by atoms with Gasteiger partial charge in [-0.15, -0.1) is 0 Å². The monoisotopic (exact) mass is 705 g/mol. The third-order valence-electron chi connectivity index (χ3n) is 8.88. The molecule has 1 atom stereocenters. The van der Waals surface area contributed by atoms with Crippen LogP contribution in [0.25, 0.3) is 0 Å². The highest BCUT2D eigenvalue weighted by molar-refractivity contribution is 5.86. The third kappa shape index (κ3) is 8.56. The van der Waals surface area contributed by atoms with Gasteiger partial charge in [-0.25, -0.2) is 10.0 Å². The van der Waals surface area contributed by atoms with Crippen LogP contribution in [0.1, 0.15) is 11.1 Å². The van der Waals surface area contributed by atoms with E-state index in [0.717, 1.165) is 63.3 Å². The van der Waals surface area contributed by atoms with Gasteiger partial charge in [-0.2, -0.15) is 10.2 Å². The SMILES string of the molecule is C(=N\N(c1ccccc1)c1ccccc1)/c1ccc(N(c2ccc(/C=N/N(c3ccccc3)c3ccccc3)cc2)c2ccc(OCC3CO3)cc2)cc1. The van der Waals surface area contributed by atoms with Crippen LogP contribution in [-0.2, 0) is 4.74 Å². The minimum absolute atomic E-state index is 0.199. The fourth-order valence-corrected chi connectivity index (χ4v) is 6.00. The summed E-state index contributed by atoms with van der Waals surface area (Å²) in [6.07, 6.45) is 3.99. The van der Waals surface area contributed by atoms with E-state index in [9.17, 15) is 0 Å². The Bertz CT molecular complexity index is 2050. The van der Waals surface area contributed by atoms with E-state index in [4.69, 9.17) is 19.7 Å². The quantitative estimate of drug-likeness (QED) is 0.0640. The molecular weight excluding hydrogens is 667 g/mol. The maximum absolute atomic E-state index is 5.95. The second kappa shape index (κ2) is 16.6. The molecule has 1 unspecified atom stereocenters. The van der Waals surface area contributed by atoms with Crippen LogP contribution < -0.4 is 19.7 Å². The molecule has 0 N–H and O–H groups in total. The van der Waals surface area contributed by atoms with Gasteiger partial charge in [-0.3, -0.25) is 0 Å². The van der Waals surface area contributed by atoms with Crippen LogP contribution >= 0.6 is 0 Å². The van der Waals surface area contributed by atoms with Crippen LogP contribution in [0, 0.1) is 0 Å². The zero-order valence-electron chi connectivity index (χ0n) is 29.7. The summed E-state index contributed by atoms with van der Waals surface area (Å²) in [5.41, 5.74) is 8.94. The summed E-state index contributed by atoms with van der Waals surface area (Å²) >= 11 is 0. The molecule has 7 aromatic rings. The predicted octanol–water partition coefficient (Wildman–Crippen LogP) is 11.3. The lowest BCUT2D eigenvalue weighted by molar-refractivity contribution is 0.263. The van der Waals surface area contributed by atoms with Gasteiger partial charge in [0.05, 0.1) is 41.8 Å². The van der Waals surface area contributed by atoms with Crippen molar-refractivity contribution in [2.75, 3.05) is 28.1 Å². The molecule has 7 heteroatoms. The maximum atomic E-state index is 5.95. The van der Waals surface area contributed by atoms with E-state index in [-0.39, 0.29) is 6.10 Å². The van der Waals surface area contributed by atoms with Gasteiger partial charge >= 0.3 is 0 Å². The lowest BCUT2D eigenvalue weighted by Crippen LogP contribution is -2.11. The van der Waals surface area contributed by atoms with E-state index >= 15 is 0 Å². The Morgan fingerprint density at radius 3 is 1.11 bits per heavy atom. The van der Waals surface area contributed by atoms with Crippen LogP contribution in [0.2, 0.25) is 0 Å². The first-order valence-electron chi connectivity index (χ1n) is 18.0. The largest absolute Gasteiger partial charge is 0.491 e. The first-order valence-corrected chi connectivity index (χ1v) is 18.0. The molecule has 0 amide bonds. The lowest BCUT2D eigenvalue weighted by atomic mass is 10.1. The van der Waals surface area contributed by atoms with Crippen molar-refractivity contribution in [3.8, 4) is 5.75 Å². The van der Waals surface area contributed by atoms with Crippen LogP contribution in [0.3, 0.4) is 0 Å². The fourth-order valence-electron chi connectivity index (χ4n) is 6.00. The molecule has 1 aliphatic rings. The van der Waals surface area contributed by atoms with Gasteiger partial charge in [0.25, 0.3) is 0 Å². The molecule has 1 fully saturated rings. The number of anilines is 7. The molecule has 1 aliphatic heterocycles. The third-order valence-corrected chi connectivity index (χ3v) is 8.88. The Balaban J connectivity index is 1.07. The van der Waals surface area contributed by atoms with Crippen molar-refractivity contribution in [3.63, 3.8) is 0 Å². The first kappa shape index (κ1) is 34.1. The highest BCUT2D eigenvalue weighted by Gasteiger charge is 2.23. The summed E-state index contributed by atoms with van der Waals surface area (Å²) in [7, 11) is 0. The fraction of sp³-hybridized carbons (Fsp3) is 0.0638. The van der Waals surface area contributed by atoms with Gasteiger partial charge in [-0.1, -0.05) is 97.1 Å². The van der Waals surface area contributed by atoms with Gasteiger partial charge in [0.1, 0.15) is 18.5 Å². The summed E-state index contributed by atoms with van der Waals surface area (Å²) < 4.78 is 11.3. The molecule has 0 bridgehead atoms. The Labute approximate surface area is 316 Å². The molecule has 54 heavy (non-hydrogen) atoms. The van der Waals surface area contributed by atoms with E-state index < -0.39 is 0 Å². The highest BCUT2D eigenvalue weighted by Crippen LogP contribution is 2.36. The van der Waals surface area contributed by atoms with Crippen molar-refractivity contribution in [3.05, 3.63) is 205 Å².